The van der Waals surface area contributed by atoms with Crippen LogP contribution in [0.2, 0.25) is 0 Å². The van der Waals surface area contributed by atoms with E-state index in [4.69, 9.17) is 5.26 Å². The summed E-state index contributed by atoms with van der Waals surface area (Å²) < 4.78 is 0. The monoisotopic (exact) mass is 271 g/mol. The Morgan fingerprint density at radius 3 is 2.85 bits per heavy atom. The van der Waals surface area contributed by atoms with E-state index in [0.717, 1.165) is 5.56 Å². The number of imide groups is 1. The van der Waals surface area contributed by atoms with Crippen molar-refractivity contribution in [1.82, 2.24) is 10.6 Å². The Kier molecular flexibility index (Phi) is 3.80. The van der Waals surface area contributed by atoms with Gasteiger partial charge in [-0.05, 0) is 25.5 Å². The molecule has 6 heteroatoms. The van der Waals surface area contributed by atoms with Gasteiger partial charge in [0.2, 0.25) is 11.8 Å². The lowest BCUT2D eigenvalue weighted by Crippen LogP contribution is -2.52. The van der Waals surface area contributed by atoms with Gasteiger partial charge in [-0.3, -0.25) is 19.7 Å². The molecule has 1 fully saturated rings. The van der Waals surface area contributed by atoms with E-state index in [9.17, 15) is 14.4 Å². The molecule has 1 aromatic rings. The molecular formula is C14H13N3O3. The highest BCUT2D eigenvalue weighted by atomic mass is 16.2. The molecule has 1 unspecified atom stereocenters. The molecule has 20 heavy (non-hydrogen) atoms. The molecule has 1 aliphatic rings. The number of nitrogens with one attached hydrogen (secondary N) is 2. The Hall–Kier alpha value is -2.68. The minimum Gasteiger partial charge on any atom is -0.340 e. The van der Waals surface area contributed by atoms with Crippen molar-refractivity contribution in [3.8, 4) is 6.07 Å². The predicted molar refractivity (Wildman–Crippen MR) is 69.5 cm³/mol. The average Bonchev–Trinajstić information content (AvgIpc) is 2.41. The maximum atomic E-state index is 12.1. The summed E-state index contributed by atoms with van der Waals surface area (Å²) in [6.07, 6.45) is 0.458. The summed E-state index contributed by atoms with van der Waals surface area (Å²) in [7, 11) is 0. The number of aryl methyl sites for hydroxylation is 1. The van der Waals surface area contributed by atoms with Crippen molar-refractivity contribution in [2.75, 3.05) is 0 Å². The number of carbonyl (C=O) groups is 3. The Bertz CT molecular complexity index is 631. The Morgan fingerprint density at radius 2 is 2.20 bits per heavy atom. The number of amides is 3. The first-order valence-electron chi connectivity index (χ1n) is 6.16. The van der Waals surface area contributed by atoms with Crippen LogP contribution in [0.15, 0.2) is 18.2 Å². The van der Waals surface area contributed by atoms with Gasteiger partial charge in [0.15, 0.2) is 0 Å². The maximum Gasteiger partial charge on any atom is 0.253 e. The molecule has 0 saturated carbocycles. The molecule has 1 atom stereocenters. The quantitative estimate of drug-likeness (QED) is 0.760. The van der Waals surface area contributed by atoms with Gasteiger partial charge in [0.25, 0.3) is 5.91 Å². The zero-order valence-electron chi connectivity index (χ0n) is 10.9. The molecular weight excluding hydrogens is 258 g/mol. The lowest BCUT2D eigenvalue weighted by molar-refractivity contribution is -0.134. The number of hydrogen-bond donors (Lipinski definition) is 2. The highest BCUT2D eigenvalue weighted by Gasteiger charge is 2.28. The smallest absolute Gasteiger partial charge is 0.253 e. The first-order chi connectivity index (χ1) is 9.51. The second-order valence-electron chi connectivity index (χ2n) is 4.64. The summed E-state index contributed by atoms with van der Waals surface area (Å²) in [5.41, 5.74) is 1.33. The van der Waals surface area contributed by atoms with Crippen molar-refractivity contribution in [2.24, 2.45) is 0 Å². The van der Waals surface area contributed by atoms with Gasteiger partial charge in [-0.25, -0.2) is 0 Å². The molecule has 0 radical (unpaired) electrons. The van der Waals surface area contributed by atoms with Crippen LogP contribution >= 0.6 is 0 Å². The largest absolute Gasteiger partial charge is 0.340 e. The Balaban J connectivity index is 2.17. The average molecular weight is 271 g/mol. The van der Waals surface area contributed by atoms with Gasteiger partial charge in [0.1, 0.15) is 6.04 Å². The standard InChI is InChI=1S/C14H13N3O3/c1-8-2-3-9(7-15)10(6-8)13(19)16-11-4-5-12(18)17-14(11)20/h2-3,6,11H,4-5H2,1H3,(H,16,19)(H,17,18,20). The van der Waals surface area contributed by atoms with Crippen molar-refractivity contribution in [3.63, 3.8) is 0 Å². The molecule has 1 saturated heterocycles. The highest BCUT2D eigenvalue weighted by molar-refractivity contribution is 6.04. The van der Waals surface area contributed by atoms with Crippen LogP contribution in [0.4, 0.5) is 0 Å². The van der Waals surface area contributed by atoms with Crippen LogP contribution in [-0.4, -0.2) is 23.8 Å². The number of hydrogen-bond acceptors (Lipinski definition) is 4. The van der Waals surface area contributed by atoms with Crippen molar-refractivity contribution >= 4 is 17.7 Å². The SMILES string of the molecule is Cc1ccc(C#N)c(C(=O)NC2CCC(=O)NC2=O)c1. The third-order valence-corrected chi connectivity index (χ3v) is 3.08. The molecule has 1 aliphatic heterocycles. The van der Waals surface area contributed by atoms with Crippen LogP contribution in [0.3, 0.4) is 0 Å². The molecule has 0 spiro atoms. The van der Waals surface area contributed by atoms with Crippen molar-refractivity contribution in [1.29, 1.82) is 5.26 Å². The number of rotatable bonds is 2. The minimum atomic E-state index is -0.743. The molecule has 1 heterocycles. The summed E-state index contributed by atoms with van der Waals surface area (Å²) in [5, 5.41) is 13.7. The number of nitriles is 1. The number of benzene rings is 1. The van der Waals surface area contributed by atoms with Crippen LogP contribution in [0.5, 0.6) is 0 Å². The summed E-state index contributed by atoms with van der Waals surface area (Å²) in [6.45, 7) is 1.81. The van der Waals surface area contributed by atoms with Crippen LogP contribution < -0.4 is 10.6 Å². The summed E-state index contributed by atoms with van der Waals surface area (Å²) >= 11 is 0. The van der Waals surface area contributed by atoms with E-state index in [-0.39, 0.29) is 29.9 Å². The zero-order valence-corrected chi connectivity index (χ0v) is 10.9. The van der Waals surface area contributed by atoms with Gasteiger partial charge in [-0.1, -0.05) is 11.6 Å². The minimum absolute atomic E-state index is 0.190. The molecule has 0 aliphatic carbocycles. The molecule has 0 bridgehead atoms. The summed E-state index contributed by atoms with van der Waals surface area (Å²) in [6, 6.07) is 6.10. The summed E-state index contributed by atoms with van der Waals surface area (Å²) in [5.74, 6) is -1.34. The topological polar surface area (TPSA) is 99.1 Å². The van der Waals surface area contributed by atoms with Gasteiger partial charge in [-0.2, -0.15) is 5.26 Å². The van der Waals surface area contributed by atoms with Crippen LogP contribution in [-0.2, 0) is 9.59 Å². The van der Waals surface area contributed by atoms with Gasteiger partial charge in [-0.15, -0.1) is 0 Å². The molecule has 102 valence electrons. The fourth-order valence-electron chi connectivity index (χ4n) is 2.01. The first kappa shape index (κ1) is 13.7. The van der Waals surface area contributed by atoms with Crippen LogP contribution in [0.25, 0.3) is 0 Å². The second-order valence-corrected chi connectivity index (χ2v) is 4.64. The van der Waals surface area contributed by atoms with Gasteiger partial charge < -0.3 is 5.32 Å². The lowest BCUT2D eigenvalue weighted by Gasteiger charge is -2.22. The molecule has 2 N–H and O–H groups in total. The Morgan fingerprint density at radius 1 is 1.45 bits per heavy atom. The van der Waals surface area contributed by atoms with E-state index in [2.05, 4.69) is 10.6 Å². The normalized spacial score (nSPS) is 18.1. The van der Waals surface area contributed by atoms with E-state index >= 15 is 0 Å². The fraction of sp³-hybridized carbons (Fsp3) is 0.286. The van der Waals surface area contributed by atoms with E-state index in [1.807, 2.05) is 13.0 Å². The lowest BCUT2D eigenvalue weighted by atomic mass is 10.0. The Labute approximate surface area is 115 Å². The van der Waals surface area contributed by atoms with Crippen molar-refractivity contribution in [2.45, 2.75) is 25.8 Å². The zero-order chi connectivity index (χ0) is 14.7. The molecule has 2 rings (SSSR count). The summed E-state index contributed by atoms with van der Waals surface area (Å²) in [4.78, 5) is 34.8. The van der Waals surface area contributed by atoms with Crippen LogP contribution in [0.1, 0.15) is 34.3 Å². The number of carbonyl (C=O) groups excluding carboxylic acids is 3. The van der Waals surface area contributed by atoms with Crippen molar-refractivity contribution < 1.29 is 14.4 Å². The van der Waals surface area contributed by atoms with E-state index < -0.39 is 17.9 Å². The van der Waals surface area contributed by atoms with Gasteiger partial charge >= 0.3 is 0 Å². The van der Waals surface area contributed by atoms with Gasteiger partial charge in [0, 0.05) is 6.42 Å². The van der Waals surface area contributed by atoms with Gasteiger partial charge in [0.05, 0.1) is 17.2 Å². The number of nitrogens with zero attached hydrogens (tertiary/aromatic N) is 1. The molecule has 6 nitrogen and oxygen atoms in total. The third-order valence-electron chi connectivity index (χ3n) is 3.08. The number of piperidine rings is 1. The van der Waals surface area contributed by atoms with E-state index in [1.165, 1.54) is 0 Å². The maximum absolute atomic E-state index is 12.1. The van der Waals surface area contributed by atoms with Crippen LogP contribution in [0, 0.1) is 18.3 Å². The molecule has 1 aromatic carbocycles. The first-order valence-corrected chi connectivity index (χ1v) is 6.16. The third kappa shape index (κ3) is 2.83. The fourth-order valence-corrected chi connectivity index (χ4v) is 2.01. The predicted octanol–water partition coefficient (Wildman–Crippen LogP) is 0.402. The van der Waals surface area contributed by atoms with Crippen molar-refractivity contribution in [3.05, 3.63) is 34.9 Å². The molecule has 0 aromatic heterocycles. The van der Waals surface area contributed by atoms with E-state index in [1.54, 1.807) is 18.2 Å². The van der Waals surface area contributed by atoms with E-state index in [0.29, 0.717) is 0 Å². The molecule has 3 amide bonds. The second kappa shape index (κ2) is 5.53. The highest BCUT2D eigenvalue weighted by Crippen LogP contribution is 2.12.